The summed E-state index contributed by atoms with van der Waals surface area (Å²) in [5.41, 5.74) is 3.09. The Balaban J connectivity index is 1.41. The minimum absolute atomic E-state index is 0.0197. The lowest BCUT2D eigenvalue weighted by Crippen LogP contribution is -2.50. The monoisotopic (exact) mass is 367 g/mol. The molecule has 1 aromatic heterocycles. The minimum Gasteiger partial charge on any atom is -0.472 e. The summed E-state index contributed by atoms with van der Waals surface area (Å²) in [5.74, 6) is -0.0848. The predicted octanol–water partition coefficient (Wildman–Crippen LogP) is 1.79. The molecule has 0 atom stereocenters. The van der Waals surface area contributed by atoms with Gasteiger partial charge >= 0.3 is 0 Å². The van der Waals surface area contributed by atoms with Gasteiger partial charge in [0.25, 0.3) is 11.8 Å². The van der Waals surface area contributed by atoms with Crippen LogP contribution in [0.1, 0.15) is 33.2 Å². The van der Waals surface area contributed by atoms with Gasteiger partial charge in [0.1, 0.15) is 6.26 Å². The molecule has 1 aromatic carbocycles. The number of carbonyl (C=O) groups excluding carboxylic acids is 3. The first kappa shape index (κ1) is 17.3. The number of nitrogens with zero attached hydrogens (tertiary/aromatic N) is 3. The van der Waals surface area contributed by atoms with E-state index in [1.54, 1.807) is 33.8 Å². The fourth-order valence-corrected chi connectivity index (χ4v) is 3.73. The summed E-state index contributed by atoms with van der Waals surface area (Å²) in [7, 11) is 0. The summed E-state index contributed by atoms with van der Waals surface area (Å²) in [6, 6.07) is 7.18. The van der Waals surface area contributed by atoms with Crippen LogP contribution in [0.2, 0.25) is 0 Å². The topological polar surface area (TPSA) is 74.1 Å². The van der Waals surface area contributed by atoms with E-state index in [-0.39, 0.29) is 17.7 Å². The number of fused-ring (bicyclic) bond motifs is 1. The third-order valence-corrected chi connectivity index (χ3v) is 5.22. The van der Waals surface area contributed by atoms with Crippen molar-refractivity contribution in [3.8, 4) is 0 Å². The van der Waals surface area contributed by atoms with E-state index in [1.807, 2.05) is 12.1 Å². The van der Waals surface area contributed by atoms with E-state index in [0.29, 0.717) is 43.9 Å². The maximum Gasteiger partial charge on any atom is 0.257 e. The Kier molecular flexibility index (Phi) is 4.43. The molecule has 2 aliphatic rings. The van der Waals surface area contributed by atoms with Crippen LogP contribution in [-0.2, 0) is 11.2 Å². The molecule has 4 rings (SSSR count). The quantitative estimate of drug-likeness (QED) is 0.811. The summed E-state index contributed by atoms with van der Waals surface area (Å²) in [5, 5.41) is 0. The first-order valence-electron chi connectivity index (χ1n) is 9.06. The maximum atomic E-state index is 12.8. The second-order valence-corrected chi connectivity index (χ2v) is 6.86. The minimum atomic E-state index is -0.0716. The number of hydrogen-bond acceptors (Lipinski definition) is 4. The van der Waals surface area contributed by atoms with E-state index < -0.39 is 0 Å². The van der Waals surface area contributed by atoms with Crippen molar-refractivity contribution in [3.63, 3.8) is 0 Å². The first-order valence-corrected chi connectivity index (χ1v) is 9.06. The Hall–Kier alpha value is -3.09. The highest BCUT2D eigenvalue weighted by Gasteiger charge is 2.28. The highest BCUT2D eigenvalue weighted by molar-refractivity contribution is 5.98. The standard InChI is InChI=1S/C20H21N3O4/c1-14(24)23-6-4-15-12-16(2-3-18(15)23)19(25)21-7-9-22(10-8-21)20(26)17-5-11-27-13-17/h2-3,5,11-13H,4,6-10H2,1H3. The number of furan rings is 1. The zero-order valence-electron chi connectivity index (χ0n) is 15.2. The molecule has 140 valence electrons. The third kappa shape index (κ3) is 3.20. The van der Waals surface area contributed by atoms with Gasteiger partial charge in [-0.25, -0.2) is 0 Å². The normalized spacial score (nSPS) is 16.4. The van der Waals surface area contributed by atoms with Crippen LogP contribution in [0.3, 0.4) is 0 Å². The Morgan fingerprint density at radius 2 is 1.56 bits per heavy atom. The lowest BCUT2D eigenvalue weighted by Gasteiger charge is -2.34. The van der Waals surface area contributed by atoms with Gasteiger partial charge in [0.05, 0.1) is 11.8 Å². The molecule has 3 amide bonds. The summed E-state index contributed by atoms with van der Waals surface area (Å²) in [6.45, 7) is 4.21. The Morgan fingerprint density at radius 3 is 2.15 bits per heavy atom. The molecule has 2 aliphatic heterocycles. The number of hydrogen-bond donors (Lipinski definition) is 0. The smallest absolute Gasteiger partial charge is 0.257 e. The van der Waals surface area contributed by atoms with Gasteiger partial charge in [-0.15, -0.1) is 0 Å². The highest BCUT2D eigenvalue weighted by atomic mass is 16.3. The molecule has 7 heteroatoms. The lowest BCUT2D eigenvalue weighted by molar-refractivity contribution is -0.116. The van der Waals surface area contributed by atoms with Gasteiger partial charge in [-0.05, 0) is 36.2 Å². The van der Waals surface area contributed by atoms with Crippen LogP contribution in [0.5, 0.6) is 0 Å². The van der Waals surface area contributed by atoms with Crippen molar-refractivity contribution < 1.29 is 18.8 Å². The summed E-state index contributed by atoms with van der Waals surface area (Å²) < 4.78 is 4.97. The van der Waals surface area contributed by atoms with Crippen molar-refractivity contribution >= 4 is 23.4 Å². The van der Waals surface area contributed by atoms with Crippen LogP contribution in [-0.4, -0.2) is 60.2 Å². The van der Waals surface area contributed by atoms with Crippen molar-refractivity contribution in [1.82, 2.24) is 9.80 Å². The van der Waals surface area contributed by atoms with E-state index in [4.69, 9.17) is 4.42 Å². The van der Waals surface area contributed by atoms with Crippen LogP contribution < -0.4 is 4.90 Å². The second-order valence-electron chi connectivity index (χ2n) is 6.86. The molecular formula is C20H21N3O4. The molecule has 0 unspecified atom stereocenters. The van der Waals surface area contributed by atoms with E-state index >= 15 is 0 Å². The Labute approximate surface area is 157 Å². The molecule has 0 N–H and O–H groups in total. The molecular weight excluding hydrogens is 346 g/mol. The largest absolute Gasteiger partial charge is 0.472 e. The van der Waals surface area contributed by atoms with Gasteiger partial charge in [0.2, 0.25) is 5.91 Å². The lowest BCUT2D eigenvalue weighted by atomic mass is 10.1. The maximum absolute atomic E-state index is 12.8. The summed E-state index contributed by atoms with van der Waals surface area (Å²) in [4.78, 5) is 42.1. The van der Waals surface area contributed by atoms with E-state index in [1.165, 1.54) is 12.5 Å². The van der Waals surface area contributed by atoms with Crippen LogP contribution in [0, 0.1) is 0 Å². The third-order valence-electron chi connectivity index (χ3n) is 5.22. The number of benzene rings is 1. The van der Waals surface area contributed by atoms with Crippen molar-refractivity contribution in [1.29, 1.82) is 0 Å². The van der Waals surface area contributed by atoms with Gasteiger partial charge in [-0.3, -0.25) is 14.4 Å². The number of anilines is 1. The van der Waals surface area contributed by atoms with Crippen LogP contribution in [0.15, 0.2) is 41.2 Å². The Bertz CT molecular complexity index is 883. The molecule has 3 heterocycles. The van der Waals surface area contributed by atoms with Gasteiger partial charge < -0.3 is 19.1 Å². The predicted molar refractivity (Wildman–Crippen MR) is 98.7 cm³/mol. The fraction of sp³-hybridized carbons (Fsp3) is 0.350. The zero-order valence-corrected chi connectivity index (χ0v) is 15.2. The number of rotatable bonds is 2. The van der Waals surface area contributed by atoms with Crippen LogP contribution in [0.4, 0.5) is 5.69 Å². The second kappa shape index (κ2) is 6.90. The van der Waals surface area contributed by atoms with E-state index in [2.05, 4.69) is 0 Å². The van der Waals surface area contributed by atoms with Crippen molar-refractivity contribution in [2.45, 2.75) is 13.3 Å². The number of carbonyl (C=O) groups is 3. The molecule has 0 bridgehead atoms. The average molecular weight is 367 g/mol. The Morgan fingerprint density at radius 1 is 0.889 bits per heavy atom. The molecule has 0 aliphatic carbocycles. The van der Waals surface area contributed by atoms with Crippen LogP contribution in [0.25, 0.3) is 0 Å². The molecule has 1 saturated heterocycles. The van der Waals surface area contributed by atoms with Crippen molar-refractivity contribution in [2.24, 2.45) is 0 Å². The fourth-order valence-electron chi connectivity index (χ4n) is 3.73. The average Bonchev–Trinajstić information content (AvgIpc) is 3.36. The SMILES string of the molecule is CC(=O)N1CCc2cc(C(=O)N3CCN(C(=O)c4ccoc4)CC3)ccc21. The molecule has 0 spiro atoms. The molecule has 2 aromatic rings. The first-order chi connectivity index (χ1) is 13.0. The zero-order chi connectivity index (χ0) is 19.0. The summed E-state index contributed by atoms with van der Waals surface area (Å²) in [6.07, 6.45) is 3.69. The molecule has 0 saturated carbocycles. The van der Waals surface area contributed by atoms with Crippen molar-refractivity contribution in [3.05, 3.63) is 53.5 Å². The molecule has 1 fully saturated rings. The van der Waals surface area contributed by atoms with Crippen molar-refractivity contribution in [2.75, 3.05) is 37.6 Å². The van der Waals surface area contributed by atoms with Gasteiger partial charge in [-0.2, -0.15) is 0 Å². The number of piperazine rings is 1. The van der Waals surface area contributed by atoms with Crippen LogP contribution >= 0.6 is 0 Å². The van der Waals surface area contributed by atoms with Gasteiger partial charge in [0, 0.05) is 50.9 Å². The van der Waals surface area contributed by atoms with Gasteiger partial charge in [0.15, 0.2) is 0 Å². The summed E-state index contributed by atoms with van der Waals surface area (Å²) >= 11 is 0. The molecule has 27 heavy (non-hydrogen) atoms. The molecule has 0 radical (unpaired) electrons. The van der Waals surface area contributed by atoms with E-state index in [0.717, 1.165) is 17.7 Å². The highest BCUT2D eigenvalue weighted by Crippen LogP contribution is 2.29. The molecule has 7 nitrogen and oxygen atoms in total. The number of amides is 3. The van der Waals surface area contributed by atoms with Gasteiger partial charge in [-0.1, -0.05) is 0 Å². The van der Waals surface area contributed by atoms with E-state index in [9.17, 15) is 14.4 Å².